The Balaban J connectivity index is 2.45. The zero-order valence-electron chi connectivity index (χ0n) is 10.2. The Hall–Kier alpha value is 0.400. The van der Waals surface area contributed by atoms with Crippen LogP contribution >= 0.6 is 15.9 Å². The molecule has 0 heterocycles. The number of hydrogen-bond donors (Lipinski definition) is 1. The Morgan fingerprint density at radius 1 is 1.33 bits per heavy atom. The van der Waals surface area contributed by atoms with Crippen molar-refractivity contribution in [2.45, 2.75) is 45.1 Å². The molecule has 1 saturated carbocycles. The van der Waals surface area contributed by atoms with E-state index in [9.17, 15) is 5.11 Å². The van der Waals surface area contributed by atoms with Crippen molar-refractivity contribution in [3.63, 3.8) is 0 Å². The van der Waals surface area contributed by atoms with Crippen molar-refractivity contribution in [3.8, 4) is 0 Å². The van der Waals surface area contributed by atoms with Crippen LogP contribution in [0.25, 0.3) is 0 Å². The summed E-state index contributed by atoms with van der Waals surface area (Å²) in [7, 11) is 2.11. The highest BCUT2D eigenvalue weighted by Gasteiger charge is 2.34. The van der Waals surface area contributed by atoms with Gasteiger partial charge in [0.25, 0.3) is 0 Å². The summed E-state index contributed by atoms with van der Waals surface area (Å²) in [5.41, 5.74) is -0.124. The van der Waals surface area contributed by atoms with Crippen LogP contribution in [-0.4, -0.2) is 41.1 Å². The minimum atomic E-state index is -0.582. The molecule has 1 fully saturated rings. The van der Waals surface area contributed by atoms with Crippen LogP contribution < -0.4 is 0 Å². The van der Waals surface area contributed by atoms with E-state index < -0.39 is 5.60 Å². The van der Waals surface area contributed by atoms with Crippen molar-refractivity contribution in [2.75, 3.05) is 25.5 Å². The monoisotopic (exact) mass is 277 g/mol. The number of halogens is 1. The summed E-state index contributed by atoms with van der Waals surface area (Å²) in [5.74, 6) is 0. The van der Waals surface area contributed by atoms with Crippen LogP contribution in [0.4, 0.5) is 0 Å². The van der Waals surface area contributed by atoms with Gasteiger partial charge >= 0.3 is 0 Å². The molecule has 90 valence electrons. The van der Waals surface area contributed by atoms with E-state index in [2.05, 4.69) is 27.9 Å². The van der Waals surface area contributed by atoms with E-state index in [1.807, 2.05) is 13.8 Å². The third-order valence-corrected chi connectivity index (χ3v) is 4.40. The highest BCUT2D eigenvalue weighted by molar-refractivity contribution is 9.09. The summed E-state index contributed by atoms with van der Waals surface area (Å²) in [6.45, 7) is 5.60. The maximum absolute atomic E-state index is 9.77. The molecule has 0 amide bonds. The van der Waals surface area contributed by atoms with Gasteiger partial charge in [-0.2, -0.15) is 0 Å². The molecule has 1 aliphatic rings. The number of nitrogens with zero attached hydrogens (tertiary/aromatic N) is 1. The molecule has 0 radical (unpaired) electrons. The fraction of sp³-hybridized carbons (Fsp3) is 1.00. The average Bonchev–Trinajstić information content (AvgIpc) is 2.50. The van der Waals surface area contributed by atoms with E-state index in [1.165, 1.54) is 25.7 Å². The van der Waals surface area contributed by atoms with Gasteiger partial charge in [0.1, 0.15) is 0 Å². The van der Waals surface area contributed by atoms with Gasteiger partial charge in [0.2, 0.25) is 0 Å². The fourth-order valence-corrected chi connectivity index (χ4v) is 3.49. The van der Waals surface area contributed by atoms with Gasteiger partial charge in [-0.15, -0.1) is 0 Å². The second-order valence-electron chi connectivity index (χ2n) is 5.83. The average molecular weight is 278 g/mol. The molecule has 2 nitrogen and oxygen atoms in total. The third-order valence-electron chi connectivity index (χ3n) is 3.21. The summed E-state index contributed by atoms with van der Waals surface area (Å²) >= 11 is 3.65. The maximum atomic E-state index is 9.77. The van der Waals surface area contributed by atoms with E-state index >= 15 is 0 Å². The molecule has 0 unspecified atom stereocenters. The standard InChI is InChI=1S/C12H24BrNO/c1-11(2,15)9-14(3)10-12(8-13)6-4-5-7-12/h15H,4-10H2,1-3H3. The predicted octanol–water partition coefficient (Wildman–Crippen LogP) is 2.64. The first-order chi connectivity index (χ1) is 6.87. The summed E-state index contributed by atoms with van der Waals surface area (Å²) in [5, 5.41) is 10.9. The van der Waals surface area contributed by atoms with Crippen LogP contribution in [0.2, 0.25) is 0 Å². The van der Waals surface area contributed by atoms with E-state index in [0.717, 1.165) is 18.4 Å². The Labute approximate surface area is 102 Å². The van der Waals surface area contributed by atoms with Crippen LogP contribution in [-0.2, 0) is 0 Å². The molecule has 15 heavy (non-hydrogen) atoms. The van der Waals surface area contributed by atoms with Crippen molar-refractivity contribution in [2.24, 2.45) is 5.41 Å². The lowest BCUT2D eigenvalue weighted by molar-refractivity contribution is 0.0334. The van der Waals surface area contributed by atoms with Gasteiger partial charge in [-0.05, 0) is 39.2 Å². The first-order valence-electron chi connectivity index (χ1n) is 5.84. The van der Waals surface area contributed by atoms with Gasteiger partial charge in [0, 0.05) is 18.4 Å². The van der Waals surface area contributed by atoms with Crippen LogP contribution in [0, 0.1) is 5.41 Å². The molecule has 0 bridgehead atoms. The summed E-state index contributed by atoms with van der Waals surface area (Å²) in [6.07, 6.45) is 5.38. The molecule has 0 atom stereocenters. The smallest absolute Gasteiger partial charge is 0.0718 e. The van der Waals surface area contributed by atoms with Gasteiger partial charge in [-0.1, -0.05) is 28.8 Å². The highest BCUT2D eigenvalue weighted by atomic mass is 79.9. The van der Waals surface area contributed by atoms with Crippen molar-refractivity contribution in [1.29, 1.82) is 0 Å². The van der Waals surface area contributed by atoms with Gasteiger partial charge in [-0.3, -0.25) is 0 Å². The highest BCUT2D eigenvalue weighted by Crippen LogP contribution is 2.40. The fourth-order valence-electron chi connectivity index (χ4n) is 2.75. The summed E-state index contributed by atoms with van der Waals surface area (Å²) < 4.78 is 0. The molecule has 0 aliphatic heterocycles. The minimum absolute atomic E-state index is 0.458. The quantitative estimate of drug-likeness (QED) is 0.781. The molecular formula is C12H24BrNO. The zero-order chi connectivity index (χ0) is 11.5. The van der Waals surface area contributed by atoms with Gasteiger partial charge < -0.3 is 10.0 Å². The molecule has 1 aliphatic carbocycles. The molecule has 1 N–H and O–H groups in total. The zero-order valence-corrected chi connectivity index (χ0v) is 11.8. The van der Waals surface area contributed by atoms with E-state index in [4.69, 9.17) is 0 Å². The molecule has 0 spiro atoms. The van der Waals surface area contributed by atoms with Crippen LogP contribution in [0.5, 0.6) is 0 Å². The second-order valence-corrected chi connectivity index (χ2v) is 6.39. The first-order valence-corrected chi connectivity index (χ1v) is 6.96. The number of hydrogen-bond acceptors (Lipinski definition) is 2. The van der Waals surface area contributed by atoms with Crippen molar-refractivity contribution >= 4 is 15.9 Å². The third kappa shape index (κ3) is 4.41. The van der Waals surface area contributed by atoms with Crippen LogP contribution in [0.3, 0.4) is 0 Å². The van der Waals surface area contributed by atoms with E-state index in [1.54, 1.807) is 0 Å². The lowest BCUT2D eigenvalue weighted by atomic mass is 9.88. The lowest BCUT2D eigenvalue weighted by Crippen LogP contribution is -2.42. The van der Waals surface area contributed by atoms with Gasteiger partial charge in [0.05, 0.1) is 5.60 Å². The molecule has 0 aromatic carbocycles. The molecule has 1 rings (SSSR count). The van der Waals surface area contributed by atoms with Crippen molar-refractivity contribution in [1.82, 2.24) is 4.90 Å². The Morgan fingerprint density at radius 2 is 1.87 bits per heavy atom. The van der Waals surface area contributed by atoms with Crippen LogP contribution in [0.15, 0.2) is 0 Å². The number of likely N-dealkylation sites (N-methyl/N-ethyl adjacent to an activating group) is 1. The van der Waals surface area contributed by atoms with Gasteiger partial charge in [0.15, 0.2) is 0 Å². The Morgan fingerprint density at radius 3 is 2.27 bits per heavy atom. The molecule has 3 heteroatoms. The van der Waals surface area contributed by atoms with Gasteiger partial charge in [-0.25, -0.2) is 0 Å². The molecule has 0 aromatic heterocycles. The Kier molecular flexibility index (Phi) is 4.63. The Bertz CT molecular complexity index is 194. The molecular weight excluding hydrogens is 254 g/mol. The SMILES string of the molecule is CN(CC(C)(C)O)CC1(CBr)CCCC1. The van der Waals surface area contributed by atoms with Crippen molar-refractivity contribution < 1.29 is 5.11 Å². The largest absolute Gasteiger partial charge is 0.389 e. The summed E-state index contributed by atoms with van der Waals surface area (Å²) in [6, 6.07) is 0. The first kappa shape index (κ1) is 13.5. The van der Waals surface area contributed by atoms with Crippen LogP contribution in [0.1, 0.15) is 39.5 Å². The normalized spacial score (nSPS) is 21.2. The second kappa shape index (κ2) is 5.15. The molecule has 0 saturated heterocycles. The van der Waals surface area contributed by atoms with E-state index in [0.29, 0.717) is 5.41 Å². The number of rotatable bonds is 5. The maximum Gasteiger partial charge on any atom is 0.0718 e. The summed E-state index contributed by atoms with van der Waals surface area (Å²) in [4.78, 5) is 2.27. The van der Waals surface area contributed by atoms with E-state index in [-0.39, 0.29) is 0 Å². The molecule has 0 aromatic rings. The minimum Gasteiger partial charge on any atom is -0.389 e. The topological polar surface area (TPSA) is 23.5 Å². The number of alkyl halides is 1. The predicted molar refractivity (Wildman–Crippen MR) is 68.5 cm³/mol. The lowest BCUT2D eigenvalue weighted by Gasteiger charge is -2.34. The van der Waals surface area contributed by atoms with Crippen molar-refractivity contribution in [3.05, 3.63) is 0 Å². The number of aliphatic hydroxyl groups is 1.